The highest BCUT2D eigenvalue weighted by molar-refractivity contribution is 6.39. The molecule has 0 unspecified atom stereocenters. The van der Waals surface area contributed by atoms with Gasteiger partial charge >= 0.3 is 0 Å². The van der Waals surface area contributed by atoms with Crippen molar-refractivity contribution < 1.29 is 0 Å². The zero-order valence-electron chi connectivity index (χ0n) is 20.7. The van der Waals surface area contributed by atoms with Crippen LogP contribution < -0.4 is 0 Å². The minimum Gasteiger partial charge on any atom is -0.0610 e. The maximum atomic E-state index is 2.27. The Hall–Kier alpha value is -4.94. The van der Waals surface area contributed by atoms with Gasteiger partial charge in [0.1, 0.15) is 0 Å². The Labute approximate surface area is 219 Å². The van der Waals surface area contributed by atoms with E-state index in [1.165, 1.54) is 86.2 Å². The van der Waals surface area contributed by atoms with Crippen LogP contribution in [-0.2, 0) is 0 Å². The Kier molecular flexibility index (Phi) is 3.88. The van der Waals surface area contributed by atoms with Crippen LogP contribution in [0.25, 0.3) is 86.2 Å². The van der Waals surface area contributed by atoms with Gasteiger partial charge in [-0.05, 0) is 86.2 Å². The molecule has 0 heteroatoms. The largest absolute Gasteiger partial charge is 0.0610 e. The van der Waals surface area contributed by atoms with Gasteiger partial charge in [0, 0.05) is 0 Å². The van der Waals surface area contributed by atoms with Crippen molar-refractivity contribution in [1.82, 2.24) is 0 Å². The van der Waals surface area contributed by atoms with Crippen LogP contribution in [-0.4, -0.2) is 0 Å². The summed E-state index contributed by atoms with van der Waals surface area (Å²) >= 11 is 0. The van der Waals surface area contributed by atoms with Gasteiger partial charge in [-0.1, -0.05) is 133 Å². The van der Waals surface area contributed by atoms with Gasteiger partial charge in [-0.15, -0.1) is 0 Å². The summed E-state index contributed by atoms with van der Waals surface area (Å²) in [7, 11) is 0. The van der Waals surface area contributed by atoms with Gasteiger partial charge in [0.2, 0.25) is 0 Å². The van der Waals surface area contributed by atoms with Crippen molar-refractivity contribution in [2.45, 2.75) is 0 Å². The predicted molar refractivity (Wildman–Crippen MR) is 166 cm³/mol. The number of fused-ring (bicyclic) bond motifs is 1. The topological polar surface area (TPSA) is 0 Å². The summed E-state index contributed by atoms with van der Waals surface area (Å²) in [6.45, 7) is 0. The first-order valence-electron chi connectivity index (χ1n) is 13.3. The van der Waals surface area contributed by atoms with E-state index in [1.807, 2.05) is 0 Å². The molecule has 0 radical (unpaired) electrons. The molecule has 0 atom stereocenters. The molecule has 0 saturated carbocycles. The second-order valence-electron chi connectivity index (χ2n) is 10.5. The van der Waals surface area contributed by atoms with E-state index in [0.717, 1.165) is 0 Å². The standard InChI is InChI=1S/C22H12.C16H10/c1-3-13-7-9-15-11-12-16-10-8-14-4-2-6-18-17(5-1)19(13)21(15)22(16)20(14)18;1-3-11-7-9-13-5-2-6-14-10-8-12(4-1)15(11)16(13)14/h1-12H;1-10H. The van der Waals surface area contributed by atoms with Gasteiger partial charge in [0.25, 0.3) is 0 Å². The van der Waals surface area contributed by atoms with E-state index in [9.17, 15) is 0 Å². The summed E-state index contributed by atoms with van der Waals surface area (Å²) in [6.07, 6.45) is 0. The lowest BCUT2D eigenvalue weighted by Gasteiger charge is -2.17. The van der Waals surface area contributed by atoms with E-state index in [1.54, 1.807) is 0 Å². The van der Waals surface area contributed by atoms with Crippen LogP contribution in [0.5, 0.6) is 0 Å². The molecule has 0 aliphatic rings. The maximum absolute atomic E-state index is 2.27. The molecule has 0 nitrogen and oxygen atoms in total. The van der Waals surface area contributed by atoms with Crippen LogP contribution in [0.4, 0.5) is 0 Å². The highest BCUT2D eigenvalue weighted by atomic mass is 14.2. The van der Waals surface area contributed by atoms with Crippen molar-refractivity contribution in [3.63, 3.8) is 0 Å². The van der Waals surface area contributed by atoms with E-state index < -0.39 is 0 Å². The summed E-state index contributed by atoms with van der Waals surface area (Å²) in [5.41, 5.74) is 0. The second kappa shape index (κ2) is 7.31. The third-order valence-corrected chi connectivity index (χ3v) is 8.53. The molecule has 10 aromatic carbocycles. The number of benzene rings is 10. The van der Waals surface area contributed by atoms with Gasteiger partial charge in [0.05, 0.1) is 0 Å². The first-order valence-corrected chi connectivity index (χ1v) is 13.3. The SMILES string of the molecule is c1cc2ccc3ccc4ccc5cccc6c(c1)c2c3c4c56.c1cc2ccc3cccc4ccc(c1)c2c34. The zero-order valence-corrected chi connectivity index (χ0v) is 20.7. The molecular weight excluding hydrogens is 456 g/mol. The predicted octanol–water partition coefficient (Wildman–Crippen LogP) is 10.9. The third kappa shape index (κ3) is 2.59. The van der Waals surface area contributed by atoms with Gasteiger partial charge in [0.15, 0.2) is 0 Å². The lowest BCUT2D eigenvalue weighted by molar-refractivity contribution is 1.78. The van der Waals surface area contributed by atoms with Gasteiger partial charge < -0.3 is 0 Å². The summed E-state index contributed by atoms with van der Waals surface area (Å²) in [6, 6.07) is 48.7. The molecule has 0 saturated heterocycles. The molecule has 0 amide bonds. The molecule has 0 heterocycles. The van der Waals surface area contributed by atoms with Gasteiger partial charge in [-0.2, -0.15) is 0 Å². The van der Waals surface area contributed by atoms with Crippen molar-refractivity contribution in [1.29, 1.82) is 0 Å². The fourth-order valence-electron chi connectivity index (χ4n) is 6.91. The molecule has 0 spiro atoms. The fraction of sp³-hybridized carbons (Fsp3) is 0. The highest BCUT2D eigenvalue weighted by Gasteiger charge is 2.16. The molecule has 0 N–H and O–H groups in total. The molecule has 0 fully saturated rings. The van der Waals surface area contributed by atoms with Crippen LogP contribution in [0.1, 0.15) is 0 Å². The first kappa shape index (κ1) is 20.2. The molecule has 0 aliphatic heterocycles. The third-order valence-electron chi connectivity index (χ3n) is 8.53. The summed E-state index contributed by atoms with van der Waals surface area (Å²) < 4.78 is 0. The van der Waals surface area contributed by atoms with Crippen LogP contribution >= 0.6 is 0 Å². The van der Waals surface area contributed by atoms with E-state index >= 15 is 0 Å². The van der Waals surface area contributed by atoms with Crippen LogP contribution in [0.15, 0.2) is 133 Å². The monoisotopic (exact) mass is 478 g/mol. The first-order chi connectivity index (χ1) is 18.8. The van der Waals surface area contributed by atoms with Crippen LogP contribution in [0.2, 0.25) is 0 Å². The summed E-state index contributed by atoms with van der Waals surface area (Å²) in [5, 5.41) is 21.9. The van der Waals surface area contributed by atoms with Crippen LogP contribution in [0.3, 0.4) is 0 Å². The molecule has 0 aromatic heterocycles. The average Bonchev–Trinajstić information content (AvgIpc) is 2.99. The van der Waals surface area contributed by atoms with Crippen molar-refractivity contribution in [2.24, 2.45) is 0 Å². The summed E-state index contributed by atoms with van der Waals surface area (Å²) in [5.74, 6) is 0. The molecule has 0 bridgehead atoms. The van der Waals surface area contributed by atoms with Gasteiger partial charge in [-0.3, -0.25) is 0 Å². The minimum atomic E-state index is 1.34. The van der Waals surface area contributed by atoms with E-state index in [-0.39, 0.29) is 0 Å². The smallest absolute Gasteiger partial charge is 0.00141 e. The molecule has 174 valence electrons. The Balaban J connectivity index is 0.000000117. The maximum Gasteiger partial charge on any atom is -0.00141 e. The Morgan fingerprint density at radius 3 is 0.737 bits per heavy atom. The number of rotatable bonds is 0. The minimum absolute atomic E-state index is 1.34. The zero-order chi connectivity index (χ0) is 24.8. The quantitative estimate of drug-likeness (QED) is 0.150. The second-order valence-corrected chi connectivity index (χ2v) is 10.5. The highest BCUT2D eigenvalue weighted by Crippen LogP contribution is 2.44. The number of hydrogen-bond donors (Lipinski definition) is 0. The molecule has 10 rings (SSSR count). The van der Waals surface area contributed by atoms with E-state index in [2.05, 4.69) is 133 Å². The van der Waals surface area contributed by atoms with Crippen molar-refractivity contribution in [3.05, 3.63) is 133 Å². The Morgan fingerprint density at radius 2 is 0.421 bits per heavy atom. The van der Waals surface area contributed by atoms with Crippen LogP contribution in [0, 0.1) is 0 Å². The summed E-state index contributed by atoms with van der Waals surface area (Å²) in [4.78, 5) is 0. The Morgan fingerprint density at radius 1 is 0.184 bits per heavy atom. The average molecular weight is 479 g/mol. The number of hydrogen-bond acceptors (Lipinski definition) is 0. The fourth-order valence-corrected chi connectivity index (χ4v) is 6.91. The normalized spacial score (nSPS) is 12.2. The Bertz CT molecular complexity index is 2200. The van der Waals surface area contributed by atoms with E-state index in [4.69, 9.17) is 0 Å². The van der Waals surface area contributed by atoms with Crippen molar-refractivity contribution >= 4 is 86.2 Å². The lowest BCUT2D eigenvalue weighted by atomic mass is 9.86. The van der Waals surface area contributed by atoms with E-state index in [0.29, 0.717) is 0 Å². The molecule has 0 aliphatic carbocycles. The van der Waals surface area contributed by atoms with Crippen molar-refractivity contribution in [3.8, 4) is 0 Å². The molecule has 10 aromatic rings. The van der Waals surface area contributed by atoms with Crippen molar-refractivity contribution in [2.75, 3.05) is 0 Å². The lowest BCUT2D eigenvalue weighted by Crippen LogP contribution is -1.89. The molecular formula is C38H22. The van der Waals surface area contributed by atoms with Gasteiger partial charge in [-0.25, -0.2) is 0 Å². The molecule has 38 heavy (non-hydrogen) atoms.